The van der Waals surface area contributed by atoms with Gasteiger partial charge in [0.1, 0.15) is 0 Å². The average molecular weight is 104 g/mol. The Bertz CT molecular complexity index is 33.9. The zero-order valence-corrected chi connectivity index (χ0v) is 4.84. The van der Waals surface area contributed by atoms with Crippen LogP contribution in [-0.2, 0) is 0 Å². The normalized spacial score (nSPS) is 6.86. The highest BCUT2D eigenvalue weighted by atomic mass is 16.6. The van der Waals surface area contributed by atoms with Crippen molar-refractivity contribution in [3.8, 4) is 0 Å². The molecule has 0 atom stereocenters. The van der Waals surface area contributed by atoms with Gasteiger partial charge >= 0.3 is 0 Å². The third-order valence-electron chi connectivity index (χ3n) is 0. The van der Waals surface area contributed by atoms with Gasteiger partial charge in [-0.25, -0.2) is 0 Å². The molecule has 0 saturated carbocycles. The third kappa shape index (κ3) is 173. The minimum atomic E-state index is 0.833. The van der Waals surface area contributed by atoms with E-state index in [2.05, 4.69) is 20.8 Å². The number of hydrogen-bond donors (Lipinski definition) is 0. The Morgan fingerprint density at radius 3 is 1.43 bits per heavy atom. The maximum absolute atomic E-state index is 8.00. The van der Waals surface area contributed by atoms with Gasteiger partial charge in [0.05, 0.1) is 0 Å². The molecule has 0 aliphatic carbocycles. The fourth-order valence-electron chi connectivity index (χ4n) is 0. The summed E-state index contributed by atoms with van der Waals surface area (Å²) < 4.78 is 0. The average Bonchev–Trinajstić information content (AvgIpc) is 1.33. The van der Waals surface area contributed by atoms with E-state index in [9.17, 15) is 0 Å². The van der Waals surface area contributed by atoms with Crippen LogP contribution in [0.1, 0.15) is 20.8 Å². The van der Waals surface area contributed by atoms with E-state index in [1.807, 2.05) is 0 Å². The Hall–Kier alpha value is -0.600. The summed E-state index contributed by atoms with van der Waals surface area (Å²) in [4.78, 5) is 8.00. The first-order valence-electron chi connectivity index (χ1n) is 2.10. The predicted octanol–water partition coefficient (Wildman–Crippen LogP) is 1.91. The lowest BCUT2D eigenvalue weighted by molar-refractivity contribution is 0.737. The maximum Gasteiger partial charge on any atom is -0.0500 e. The SMILES string of the molecule is CC(C)C.O=N[O-]. The molecule has 0 radical (unpaired) electrons. The van der Waals surface area contributed by atoms with E-state index in [1.54, 1.807) is 0 Å². The van der Waals surface area contributed by atoms with Crippen LogP contribution in [-0.4, -0.2) is 0 Å². The Balaban J connectivity index is 0. The Morgan fingerprint density at radius 1 is 1.43 bits per heavy atom. The van der Waals surface area contributed by atoms with Crippen LogP contribution in [0.5, 0.6) is 0 Å². The molecule has 0 aromatic carbocycles. The first-order chi connectivity index (χ1) is 3.15. The molecule has 0 N–H and O–H groups in total. The van der Waals surface area contributed by atoms with Crippen molar-refractivity contribution < 1.29 is 0 Å². The lowest BCUT2D eigenvalue weighted by Gasteiger charge is -1.79. The molecule has 0 bridgehead atoms. The van der Waals surface area contributed by atoms with Gasteiger partial charge in [-0.2, -0.15) is 0 Å². The molecule has 44 valence electrons. The van der Waals surface area contributed by atoms with Crippen molar-refractivity contribution in [2.75, 3.05) is 0 Å². The van der Waals surface area contributed by atoms with E-state index >= 15 is 0 Å². The van der Waals surface area contributed by atoms with Crippen molar-refractivity contribution in [2.45, 2.75) is 20.8 Å². The Kier molecular flexibility index (Phi) is 12.5. The molecule has 0 fully saturated rings. The largest absolute Gasteiger partial charge is 0.444 e. The van der Waals surface area contributed by atoms with E-state index in [0.29, 0.717) is 0 Å². The van der Waals surface area contributed by atoms with Crippen molar-refractivity contribution in [1.29, 1.82) is 0 Å². The predicted molar refractivity (Wildman–Crippen MR) is 29.7 cm³/mol. The highest BCUT2D eigenvalue weighted by Gasteiger charge is 1.68. The molecule has 0 amide bonds. The molecule has 0 unspecified atom stereocenters. The molecular formula is C4H10NO2-. The molecule has 7 heavy (non-hydrogen) atoms. The van der Waals surface area contributed by atoms with Crippen LogP contribution in [0.15, 0.2) is 5.34 Å². The zero-order valence-electron chi connectivity index (χ0n) is 4.84. The number of nitrogens with zero attached hydrogens (tertiary/aromatic N) is 1. The first-order valence-corrected chi connectivity index (χ1v) is 2.10. The summed E-state index contributed by atoms with van der Waals surface area (Å²) in [6.07, 6.45) is 0. The van der Waals surface area contributed by atoms with Crippen LogP contribution in [0.4, 0.5) is 0 Å². The van der Waals surface area contributed by atoms with Crippen LogP contribution in [0.25, 0.3) is 0 Å². The molecule has 3 nitrogen and oxygen atoms in total. The smallest absolute Gasteiger partial charge is 0.0500 e. The van der Waals surface area contributed by atoms with Crippen molar-refractivity contribution in [1.82, 2.24) is 0 Å². The first kappa shape index (κ1) is 9.64. The van der Waals surface area contributed by atoms with Gasteiger partial charge in [0.2, 0.25) is 0 Å². The highest BCUT2D eigenvalue weighted by Crippen LogP contribution is 1.81. The minimum Gasteiger partial charge on any atom is -0.444 e. The van der Waals surface area contributed by atoms with E-state index in [-0.39, 0.29) is 0 Å². The Morgan fingerprint density at radius 2 is 1.43 bits per heavy atom. The molecule has 3 heteroatoms. The second-order valence-corrected chi connectivity index (χ2v) is 1.81. The quantitative estimate of drug-likeness (QED) is 0.348. The molecule has 0 rings (SSSR count). The van der Waals surface area contributed by atoms with Gasteiger partial charge in [-0.1, -0.05) is 20.8 Å². The minimum absolute atomic E-state index is 0.833. The van der Waals surface area contributed by atoms with Crippen LogP contribution in [0.3, 0.4) is 0 Å². The molecule has 0 aliphatic heterocycles. The standard InChI is InChI=1S/C4H10.HNO2/c1-4(2)3;2-1-3/h4H,1-3H3;(H,2,3)/p-1. The molecule has 0 heterocycles. The fraction of sp³-hybridized carbons (Fsp3) is 1.00. The highest BCUT2D eigenvalue weighted by molar-refractivity contribution is 4.21. The number of hydrogen-bond acceptors (Lipinski definition) is 3. The van der Waals surface area contributed by atoms with Gasteiger partial charge in [0, 0.05) is 0 Å². The van der Waals surface area contributed by atoms with Crippen molar-refractivity contribution in [2.24, 2.45) is 11.3 Å². The summed E-state index contributed by atoms with van der Waals surface area (Å²) in [5, 5.41) is 9.00. The van der Waals surface area contributed by atoms with Gasteiger partial charge in [0.25, 0.3) is 0 Å². The molecule has 0 aliphatic rings. The molecule has 0 aromatic heterocycles. The fourth-order valence-corrected chi connectivity index (χ4v) is 0. The van der Waals surface area contributed by atoms with Crippen molar-refractivity contribution in [3.05, 3.63) is 10.1 Å². The van der Waals surface area contributed by atoms with Crippen LogP contribution < -0.4 is 0 Å². The monoisotopic (exact) mass is 104 g/mol. The summed E-state index contributed by atoms with van der Waals surface area (Å²) in [7, 11) is 0. The van der Waals surface area contributed by atoms with Crippen LogP contribution in [0, 0.1) is 16.0 Å². The summed E-state index contributed by atoms with van der Waals surface area (Å²) in [6, 6.07) is 0. The van der Waals surface area contributed by atoms with Gasteiger partial charge in [-0.05, 0) is 5.92 Å². The lowest BCUT2D eigenvalue weighted by atomic mass is 10.3. The molecular weight excluding hydrogens is 94.0 g/mol. The van der Waals surface area contributed by atoms with Gasteiger partial charge in [-0.3, -0.25) is 0 Å². The van der Waals surface area contributed by atoms with E-state index in [0.717, 1.165) is 11.3 Å². The van der Waals surface area contributed by atoms with Gasteiger partial charge < -0.3 is 10.1 Å². The molecule has 0 aromatic rings. The van der Waals surface area contributed by atoms with Crippen LogP contribution in [0.2, 0.25) is 0 Å². The second kappa shape index (κ2) is 9.04. The van der Waals surface area contributed by atoms with Crippen LogP contribution >= 0.6 is 0 Å². The molecule has 0 spiro atoms. The van der Waals surface area contributed by atoms with E-state index in [4.69, 9.17) is 10.1 Å². The number of rotatable bonds is 0. The summed E-state index contributed by atoms with van der Waals surface area (Å²) >= 11 is 0. The third-order valence-corrected chi connectivity index (χ3v) is 0. The zero-order chi connectivity index (χ0) is 6.28. The second-order valence-electron chi connectivity index (χ2n) is 1.81. The van der Waals surface area contributed by atoms with Gasteiger partial charge in [0.15, 0.2) is 0 Å². The lowest BCUT2D eigenvalue weighted by Crippen LogP contribution is -1.66. The summed E-state index contributed by atoms with van der Waals surface area (Å²) in [6.45, 7) is 6.50. The summed E-state index contributed by atoms with van der Waals surface area (Å²) in [5.74, 6) is 0.833. The van der Waals surface area contributed by atoms with E-state index in [1.165, 1.54) is 0 Å². The topological polar surface area (TPSA) is 52.5 Å². The van der Waals surface area contributed by atoms with E-state index < -0.39 is 0 Å². The Labute approximate surface area is 43.3 Å². The van der Waals surface area contributed by atoms with Gasteiger partial charge in [-0.15, -0.1) is 5.34 Å². The van der Waals surface area contributed by atoms with Crippen molar-refractivity contribution in [3.63, 3.8) is 0 Å². The van der Waals surface area contributed by atoms with Crippen molar-refractivity contribution >= 4 is 0 Å². The maximum atomic E-state index is 8.00. The molecule has 0 saturated heterocycles. The summed E-state index contributed by atoms with van der Waals surface area (Å²) in [5.41, 5.74) is 0.